The van der Waals surface area contributed by atoms with E-state index in [2.05, 4.69) is 21.2 Å². The van der Waals surface area contributed by atoms with Gasteiger partial charge in [-0.1, -0.05) is 6.92 Å². The lowest BCUT2D eigenvalue weighted by atomic mass is 10.3. The van der Waals surface area contributed by atoms with E-state index in [0.717, 1.165) is 15.8 Å². The van der Waals surface area contributed by atoms with Crippen LogP contribution >= 0.6 is 27.3 Å². The number of carbonyl (C=O) groups is 2. The first-order valence-corrected chi connectivity index (χ1v) is 6.91. The molecule has 0 bridgehead atoms. The van der Waals surface area contributed by atoms with Gasteiger partial charge in [-0.15, -0.1) is 11.3 Å². The third-order valence-electron chi connectivity index (χ3n) is 2.00. The molecule has 0 aromatic carbocycles. The van der Waals surface area contributed by atoms with E-state index in [0.29, 0.717) is 11.5 Å². The van der Waals surface area contributed by atoms with Gasteiger partial charge < -0.3 is 10.1 Å². The highest BCUT2D eigenvalue weighted by atomic mass is 79.9. The van der Waals surface area contributed by atoms with Crippen LogP contribution in [0.4, 0.5) is 0 Å². The van der Waals surface area contributed by atoms with E-state index < -0.39 is 5.97 Å². The maximum absolute atomic E-state index is 11.7. The van der Waals surface area contributed by atoms with E-state index in [4.69, 9.17) is 4.74 Å². The highest BCUT2D eigenvalue weighted by Gasteiger charge is 2.13. The molecule has 0 aliphatic rings. The van der Waals surface area contributed by atoms with Gasteiger partial charge in [-0.3, -0.25) is 9.59 Å². The Bertz CT molecular complexity index is 417. The van der Waals surface area contributed by atoms with Gasteiger partial charge in [-0.25, -0.2) is 0 Å². The second kappa shape index (κ2) is 6.76. The summed E-state index contributed by atoms with van der Waals surface area (Å²) in [6.45, 7) is 3.98. The molecule has 0 unspecified atom stereocenters. The lowest BCUT2D eigenvalue weighted by molar-refractivity contribution is -0.141. The summed E-state index contributed by atoms with van der Waals surface area (Å²) in [6, 6.07) is 1.77. The SMILES string of the molecule is CCOC(=O)CNC(=O)c1cc(Br)c(CC)s1. The molecule has 6 heteroatoms. The molecule has 0 saturated heterocycles. The van der Waals surface area contributed by atoms with Crippen molar-refractivity contribution in [3.8, 4) is 0 Å². The molecular formula is C11H14BrNO3S. The number of halogens is 1. The smallest absolute Gasteiger partial charge is 0.325 e. The number of thiophene rings is 1. The lowest BCUT2D eigenvalue weighted by Crippen LogP contribution is -2.30. The molecule has 0 aliphatic carbocycles. The number of hydrogen-bond acceptors (Lipinski definition) is 4. The Kier molecular flexibility index (Phi) is 5.64. The monoisotopic (exact) mass is 319 g/mol. The first-order chi connectivity index (χ1) is 8.08. The summed E-state index contributed by atoms with van der Waals surface area (Å²) in [5.41, 5.74) is 0. The van der Waals surface area contributed by atoms with Crippen LogP contribution in [-0.4, -0.2) is 25.0 Å². The van der Waals surface area contributed by atoms with Gasteiger partial charge in [0.25, 0.3) is 5.91 Å². The van der Waals surface area contributed by atoms with Crippen LogP contribution < -0.4 is 5.32 Å². The molecule has 1 amide bonds. The van der Waals surface area contributed by atoms with Gasteiger partial charge >= 0.3 is 5.97 Å². The number of rotatable bonds is 5. The summed E-state index contributed by atoms with van der Waals surface area (Å²) in [5, 5.41) is 2.52. The number of esters is 1. The van der Waals surface area contributed by atoms with E-state index in [1.54, 1.807) is 13.0 Å². The summed E-state index contributed by atoms with van der Waals surface area (Å²) in [6.07, 6.45) is 0.871. The van der Waals surface area contributed by atoms with E-state index in [1.807, 2.05) is 6.92 Å². The summed E-state index contributed by atoms with van der Waals surface area (Å²) in [4.78, 5) is 24.5. The Morgan fingerprint density at radius 1 is 1.47 bits per heavy atom. The van der Waals surface area contributed by atoms with Gasteiger partial charge in [0, 0.05) is 9.35 Å². The van der Waals surface area contributed by atoms with Gasteiger partial charge in [0.1, 0.15) is 6.54 Å². The Morgan fingerprint density at radius 3 is 2.71 bits per heavy atom. The van der Waals surface area contributed by atoms with Crippen LogP contribution in [0, 0.1) is 0 Å². The highest BCUT2D eigenvalue weighted by Crippen LogP contribution is 2.27. The Balaban J connectivity index is 2.55. The third kappa shape index (κ3) is 4.12. The fourth-order valence-corrected chi connectivity index (χ4v) is 3.02. The van der Waals surface area contributed by atoms with Gasteiger partial charge in [-0.05, 0) is 35.3 Å². The minimum Gasteiger partial charge on any atom is -0.465 e. The zero-order valence-electron chi connectivity index (χ0n) is 9.71. The molecule has 0 aliphatic heterocycles. The minimum absolute atomic E-state index is 0.0936. The van der Waals surface area contributed by atoms with Crippen LogP contribution in [0.3, 0.4) is 0 Å². The number of hydrogen-bond donors (Lipinski definition) is 1. The quantitative estimate of drug-likeness (QED) is 0.848. The second-order valence-corrected chi connectivity index (χ2v) is 5.21. The fraction of sp³-hybridized carbons (Fsp3) is 0.455. The van der Waals surface area contributed by atoms with Gasteiger partial charge in [-0.2, -0.15) is 0 Å². The molecule has 1 heterocycles. The number of aryl methyl sites for hydroxylation is 1. The van der Waals surface area contributed by atoms with Crippen LogP contribution in [0.25, 0.3) is 0 Å². The maximum Gasteiger partial charge on any atom is 0.325 e. The van der Waals surface area contributed by atoms with Crippen molar-refractivity contribution in [1.29, 1.82) is 0 Å². The minimum atomic E-state index is -0.424. The highest BCUT2D eigenvalue weighted by molar-refractivity contribution is 9.10. The average Bonchev–Trinajstić information content (AvgIpc) is 2.68. The van der Waals surface area contributed by atoms with E-state index in [9.17, 15) is 9.59 Å². The normalized spacial score (nSPS) is 10.1. The summed E-state index contributed by atoms with van der Waals surface area (Å²) in [5.74, 6) is -0.671. The van der Waals surface area contributed by atoms with E-state index in [1.165, 1.54) is 11.3 Å². The second-order valence-electron chi connectivity index (χ2n) is 3.22. The van der Waals surface area contributed by atoms with Crippen molar-refractivity contribution >= 4 is 39.1 Å². The van der Waals surface area contributed by atoms with Crippen molar-refractivity contribution in [2.75, 3.05) is 13.2 Å². The molecule has 0 fully saturated rings. The van der Waals surface area contributed by atoms with Crippen molar-refractivity contribution in [1.82, 2.24) is 5.32 Å². The fourth-order valence-electron chi connectivity index (χ4n) is 1.21. The van der Waals surface area contributed by atoms with Crippen LogP contribution in [0.1, 0.15) is 28.4 Å². The van der Waals surface area contributed by atoms with Crippen molar-refractivity contribution in [2.45, 2.75) is 20.3 Å². The molecule has 0 atom stereocenters. The van der Waals surface area contributed by atoms with Gasteiger partial charge in [0.15, 0.2) is 0 Å². The van der Waals surface area contributed by atoms with Crippen LogP contribution in [-0.2, 0) is 16.0 Å². The Hall–Kier alpha value is -0.880. The molecule has 1 aromatic rings. The Labute approximate surface area is 112 Å². The Morgan fingerprint density at radius 2 is 2.18 bits per heavy atom. The standard InChI is InChI=1S/C11H14BrNO3S/c1-3-8-7(12)5-9(17-8)11(15)13-6-10(14)16-4-2/h5H,3-4,6H2,1-2H3,(H,13,15). The third-order valence-corrected chi connectivity index (χ3v) is 4.25. The summed E-state index contributed by atoms with van der Waals surface area (Å²) < 4.78 is 5.66. The van der Waals surface area contributed by atoms with Crippen molar-refractivity contribution < 1.29 is 14.3 Å². The molecule has 94 valence electrons. The van der Waals surface area contributed by atoms with Crippen molar-refractivity contribution in [3.63, 3.8) is 0 Å². The maximum atomic E-state index is 11.7. The number of amides is 1. The zero-order chi connectivity index (χ0) is 12.8. The molecule has 0 radical (unpaired) electrons. The number of nitrogens with one attached hydrogen (secondary N) is 1. The molecule has 1 rings (SSSR count). The van der Waals surface area contributed by atoms with Crippen molar-refractivity contribution in [3.05, 3.63) is 20.3 Å². The predicted octanol–water partition coefficient (Wildman–Crippen LogP) is 2.37. The van der Waals surface area contributed by atoms with Crippen molar-refractivity contribution in [2.24, 2.45) is 0 Å². The zero-order valence-corrected chi connectivity index (χ0v) is 12.1. The number of carbonyl (C=O) groups excluding carboxylic acids is 2. The van der Waals surface area contributed by atoms with Crippen LogP contribution in [0.5, 0.6) is 0 Å². The van der Waals surface area contributed by atoms with E-state index >= 15 is 0 Å². The topological polar surface area (TPSA) is 55.4 Å². The van der Waals surface area contributed by atoms with Gasteiger partial charge in [0.05, 0.1) is 11.5 Å². The summed E-state index contributed by atoms with van der Waals surface area (Å²) >= 11 is 4.81. The molecule has 0 spiro atoms. The molecule has 1 N–H and O–H groups in total. The number of ether oxygens (including phenoxy) is 1. The molecular weight excluding hydrogens is 306 g/mol. The largest absolute Gasteiger partial charge is 0.465 e. The van der Waals surface area contributed by atoms with Crippen LogP contribution in [0.15, 0.2) is 10.5 Å². The first kappa shape index (κ1) is 14.2. The molecule has 1 aromatic heterocycles. The van der Waals surface area contributed by atoms with Gasteiger partial charge in [0.2, 0.25) is 0 Å². The van der Waals surface area contributed by atoms with E-state index in [-0.39, 0.29) is 12.5 Å². The lowest BCUT2D eigenvalue weighted by Gasteiger charge is -2.02. The van der Waals surface area contributed by atoms with Crippen LogP contribution in [0.2, 0.25) is 0 Å². The predicted molar refractivity (Wildman–Crippen MR) is 70.4 cm³/mol. The molecule has 4 nitrogen and oxygen atoms in total. The molecule has 0 saturated carbocycles. The average molecular weight is 320 g/mol. The first-order valence-electron chi connectivity index (χ1n) is 5.30. The summed E-state index contributed by atoms with van der Waals surface area (Å²) in [7, 11) is 0. The molecule has 17 heavy (non-hydrogen) atoms.